The molecule has 0 aromatic heterocycles. The lowest BCUT2D eigenvalue weighted by Crippen LogP contribution is -2.41. The number of nitrogens with one attached hydrogen (secondary N) is 1. The van der Waals surface area contributed by atoms with E-state index in [0.29, 0.717) is 10.7 Å². The van der Waals surface area contributed by atoms with Crippen molar-refractivity contribution in [3.63, 3.8) is 0 Å². The molecule has 0 bridgehead atoms. The number of carbonyl (C=O) groups excluding carboxylic acids is 1. The number of benzene rings is 1. The van der Waals surface area contributed by atoms with Crippen molar-refractivity contribution >= 4 is 29.2 Å². The van der Waals surface area contributed by atoms with Gasteiger partial charge < -0.3 is 10.4 Å². The number of carboxylic acids is 1. The van der Waals surface area contributed by atoms with Crippen LogP contribution in [0, 0.1) is 0 Å². The highest BCUT2D eigenvalue weighted by Gasteiger charge is 2.17. The first kappa shape index (κ1) is 15.5. The molecule has 1 amide bonds. The first-order valence-electron chi connectivity index (χ1n) is 5.90. The first-order valence-corrected chi connectivity index (χ1v) is 6.28. The van der Waals surface area contributed by atoms with Crippen molar-refractivity contribution in [1.29, 1.82) is 0 Å². The molecule has 104 valence electrons. The first-order chi connectivity index (χ1) is 8.90. The van der Waals surface area contributed by atoms with Crippen LogP contribution < -0.4 is 5.32 Å². The summed E-state index contributed by atoms with van der Waals surface area (Å²) in [5.74, 6) is -1.25. The average molecular weight is 285 g/mol. The Morgan fingerprint density at radius 1 is 1.32 bits per heavy atom. The van der Waals surface area contributed by atoms with Crippen LogP contribution in [0.2, 0.25) is 5.02 Å². The van der Waals surface area contributed by atoms with Gasteiger partial charge in [-0.15, -0.1) is 0 Å². The van der Waals surface area contributed by atoms with Gasteiger partial charge in [-0.25, -0.2) is 0 Å². The monoisotopic (exact) mass is 284 g/mol. The highest BCUT2D eigenvalue weighted by molar-refractivity contribution is 6.33. The second-order valence-electron chi connectivity index (χ2n) is 4.42. The van der Waals surface area contributed by atoms with Crippen LogP contribution in [0.5, 0.6) is 0 Å². The molecule has 0 atom stereocenters. The molecule has 2 N–H and O–H groups in total. The minimum Gasteiger partial charge on any atom is -0.480 e. The lowest BCUT2D eigenvalue weighted by molar-refractivity contribution is -0.139. The minimum atomic E-state index is -0.959. The van der Waals surface area contributed by atoms with E-state index in [1.807, 2.05) is 13.8 Å². The van der Waals surface area contributed by atoms with Gasteiger partial charge in [0.05, 0.1) is 23.8 Å². The van der Waals surface area contributed by atoms with Crippen molar-refractivity contribution in [2.75, 3.05) is 18.4 Å². The summed E-state index contributed by atoms with van der Waals surface area (Å²) in [6, 6.07) is 6.86. The Morgan fingerprint density at radius 3 is 2.47 bits per heavy atom. The average Bonchev–Trinajstić information content (AvgIpc) is 2.30. The number of aliphatic carboxylic acids is 1. The molecule has 0 heterocycles. The maximum atomic E-state index is 11.9. The van der Waals surface area contributed by atoms with Gasteiger partial charge in [0, 0.05) is 6.04 Å². The summed E-state index contributed by atoms with van der Waals surface area (Å²) in [5, 5.41) is 11.9. The van der Waals surface area contributed by atoms with Gasteiger partial charge in [-0.2, -0.15) is 0 Å². The van der Waals surface area contributed by atoms with Crippen molar-refractivity contribution in [2.24, 2.45) is 0 Å². The van der Waals surface area contributed by atoms with E-state index in [9.17, 15) is 9.59 Å². The van der Waals surface area contributed by atoms with Crippen LogP contribution in [0.4, 0.5) is 5.69 Å². The summed E-state index contributed by atoms with van der Waals surface area (Å²) >= 11 is 5.93. The Hall–Kier alpha value is -1.59. The molecule has 0 fully saturated rings. The Bertz CT molecular complexity index is 463. The maximum Gasteiger partial charge on any atom is 0.317 e. The van der Waals surface area contributed by atoms with Crippen LogP contribution in [-0.4, -0.2) is 41.0 Å². The highest BCUT2D eigenvalue weighted by Crippen LogP contribution is 2.20. The molecular weight excluding hydrogens is 268 g/mol. The van der Waals surface area contributed by atoms with Crippen molar-refractivity contribution in [1.82, 2.24) is 4.90 Å². The molecule has 6 heteroatoms. The van der Waals surface area contributed by atoms with Crippen molar-refractivity contribution < 1.29 is 14.7 Å². The van der Waals surface area contributed by atoms with Gasteiger partial charge in [-0.1, -0.05) is 23.7 Å². The molecule has 1 rings (SSSR count). The molecule has 0 unspecified atom stereocenters. The van der Waals surface area contributed by atoms with E-state index >= 15 is 0 Å². The molecule has 0 radical (unpaired) electrons. The topological polar surface area (TPSA) is 69.6 Å². The number of hydrogen-bond donors (Lipinski definition) is 2. The van der Waals surface area contributed by atoms with E-state index in [1.165, 1.54) is 0 Å². The van der Waals surface area contributed by atoms with Crippen molar-refractivity contribution in [2.45, 2.75) is 19.9 Å². The summed E-state index contributed by atoms with van der Waals surface area (Å²) < 4.78 is 0. The summed E-state index contributed by atoms with van der Waals surface area (Å²) in [5.41, 5.74) is 0.521. The summed E-state index contributed by atoms with van der Waals surface area (Å²) in [4.78, 5) is 24.1. The Morgan fingerprint density at radius 2 is 1.95 bits per heavy atom. The zero-order valence-electron chi connectivity index (χ0n) is 10.9. The number of halogens is 1. The van der Waals surface area contributed by atoms with E-state index < -0.39 is 5.97 Å². The third kappa shape index (κ3) is 5.28. The Labute approximate surface area is 117 Å². The molecule has 0 aliphatic heterocycles. The number of hydrogen-bond acceptors (Lipinski definition) is 3. The van der Waals surface area contributed by atoms with E-state index in [4.69, 9.17) is 16.7 Å². The fourth-order valence-electron chi connectivity index (χ4n) is 1.53. The number of rotatable bonds is 6. The van der Waals surface area contributed by atoms with Gasteiger partial charge in [-0.3, -0.25) is 14.5 Å². The number of para-hydroxylation sites is 1. The van der Waals surface area contributed by atoms with E-state index in [2.05, 4.69) is 5.32 Å². The lowest BCUT2D eigenvalue weighted by Gasteiger charge is -2.23. The van der Waals surface area contributed by atoms with Crippen molar-refractivity contribution in [3.05, 3.63) is 29.3 Å². The number of amides is 1. The van der Waals surface area contributed by atoms with Crippen LogP contribution in [0.15, 0.2) is 24.3 Å². The van der Waals surface area contributed by atoms with Gasteiger partial charge in [-0.05, 0) is 26.0 Å². The Kier molecular flexibility index (Phi) is 5.79. The highest BCUT2D eigenvalue weighted by atomic mass is 35.5. The maximum absolute atomic E-state index is 11.9. The van der Waals surface area contributed by atoms with Gasteiger partial charge in [0.1, 0.15) is 0 Å². The van der Waals surface area contributed by atoms with E-state index in [1.54, 1.807) is 29.2 Å². The zero-order valence-corrected chi connectivity index (χ0v) is 11.6. The standard InChI is InChI=1S/C13H17ClN2O3/c1-9(2)16(8-13(18)19)7-12(17)15-11-6-4-3-5-10(11)14/h3-6,9H,7-8H2,1-2H3,(H,15,17)(H,18,19). The molecule has 0 aliphatic carbocycles. The molecule has 0 spiro atoms. The van der Waals surface area contributed by atoms with Gasteiger partial charge in [0.15, 0.2) is 0 Å². The lowest BCUT2D eigenvalue weighted by atomic mass is 10.3. The predicted molar refractivity (Wildman–Crippen MR) is 74.4 cm³/mol. The third-order valence-corrected chi connectivity index (χ3v) is 2.89. The SMILES string of the molecule is CC(C)N(CC(=O)O)CC(=O)Nc1ccccc1Cl. The van der Waals surface area contributed by atoms with Crippen LogP contribution in [0.1, 0.15) is 13.8 Å². The summed E-state index contributed by atoms with van der Waals surface area (Å²) in [7, 11) is 0. The van der Waals surface area contributed by atoms with E-state index in [0.717, 1.165) is 0 Å². The molecule has 1 aromatic carbocycles. The molecular formula is C13H17ClN2O3. The van der Waals surface area contributed by atoms with Crippen LogP contribution in [-0.2, 0) is 9.59 Å². The van der Waals surface area contributed by atoms with Gasteiger partial charge in [0.2, 0.25) is 5.91 Å². The fourth-order valence-corrected chi connectivity index (χ4v) is 1.71. The number of nitrogens with zero attached hydrogens (tertiary/aromatic N) is 1. The second kappa shape index (κ2) is 7.11. The molecule has 1 aromatic rings. The molecule has 0 saturated carbocycles. The largest absolute Gasteiger partial charge is 0.480 e. The van der Waals surface area contributed by atoms with Gasteiger partial charge >= 0.3 is 5.97 Å². The number of carbonyl (C=O) groups is 2. The summed E-state index contributed by atoms with van der Waals surface area (Å²) in [6.07, 6.45) is 0. The van der Waals surface area contributed by atoms with Crippen LogP contribution >= 0.6 is 11.6 Å². The molecule has 5 nitrogen and oxygen atoms in total. The zero-order chi connectivity index (χ0) is 14.4. The van der Waals surface area contributed by atoms with Crippen molar-refractivity contribution in [3.8, 4) is 0 Å². The van der Waals surface area contributed by atoms with E-state index in [-0.39, 0.29) is 25.0 Å². The van der Waals surface area contributed by atoms with Crippen LogP contribution in [0.3, 0.4) is 0 Å². The second-order valence-corrected chi connectivity index (χ2v) is 4.83. The number of anilines is 1. The molecule has 19 heavy (non-hydrogen) atoms. The van der Waals surface area contributed by atoms with Crippen LogP contribution in [0.25, 0.3) is 0 Å². The quantitative estimate of drug-likeness (QED) is 0.839. The normalized spacial score (nSPS) is 10.8. The smallest absolute Gasteiger partial charge is 0.317 e. The third-order valence-electron chi connectivity index (χ3n) is 2.56. The molecule has 0 saturated heterocycles. The Balaban J connectivity index is 2.63. The summed E-state index contributed by atoms with van der Waals surface area (Å²) in [6.45, 7) is 3.51. The molecule has 0 aliphatic rings. The minimum absolute atomic E-state index is 0.00912. The fraction of sp³-hybridized carbons (Fsp3) is 0.385. The van der Waals surface area contributed by atoms with Gasteiger partial charge in [0.25, 0.3) is 0 Å². The number of carboxylic acid groups (broad SMARTS) is 1. The predicted octanol–water partition coefficient (Wildman–Crippen LogP) is 2.07.